The molecule has 1 aliphatic carbocycles. The molecular weight excluding hydrogens is 268 g/mol. The third kappa shape index (κ3) is 6.79. The molecule has 0 N–H and O–H groups in total. The van der Waals surface area contributed by atoms with E-state index in [9.17, 15) is 4.79 Å². The van der Waals surface area contributed by atoms with Crippen molar-refractivity contribution in [2.45, 2.75) is 85.0 Å². The summed E-state index contributed by atoms with van der Waals surface area (Å²) in [6.07, 6.45) is 5.77. The lowest BCUT2D eigenvalue weighted by atomic mass is 9.92. The molecule has 0 heterocycles. The van der Waals surface area contributed by atoms with Crippen molar-refractivity contribution in [3.63, 3.8) is 0 Å². The van der Waals surface area contributed by atoms with Gasteiger partial charge >= 0.3 is 5.97 Å². The maximum Gasteiger partial charge on any atom is 0.316 e. The Morgan fingerprint density at radius 2 is 1.48 bits per heavy atom. The minimum absolute atomic E-state index is 0.0728. The van der Waals surface area contributed by atoms with E-state index in [4.69, 9.17) is 14.2 Å². The van der Waals surface area contributed by atoms with Crippen molar-refractivity contribution < 1.29 is 19.0 Å². The first-order chi connectivity index (χ1) is 9.83. The Morgan fingerprint density at radius 3 is 1.90 bits per heavy atom. The number of carbonyl (C=O) groups excluding carboxylic acids is 1. The van der Waals surface area contributed by atoms with Crippen molar-refractivity contribution in [1.29, 1.82) is 0 Å². The molecule has 0 aliphatic heterocycles. The topological polar surface area (TPSA) is 44.8 Å². The molecular formula is C17H32O4. The zero-order chi connectivity index (χ0) is 15.9. The van der Waals surface area contributed by atoms with E-state index >= 15 is 0 Å². The minimum Gasteiger partial charge on any atom is -0.462 e. The van der Waals surface area contributed by atoms with Crippen LogP contribution in [0.4, 0.5) is 0 Å². The summed E-state index contributed by atoms with van der Waals surface area (Å²) in [7, 11) is 0. The van der Waals surface area contributed by atoms with Crippen LogP contribution in [0.3, 0.4) is 0 Å². The van der Waals surface area contributed by atoms with Gasteiger partial charge in [0, 0.05) is 0 Å². The second-order valence-corrected chi connectivity index (χ2v) is 6.95. The minimum atomic E-state index is -0.730. The van der Waals surface area contributed by atoms with Gasteiger partial charge in [-0.2, -0.15) is 0 Å². The van der Waals surface area contributed by atoms with E-state index in [1.807, 2.05) is 34.6 Å². The molecule has 0 aromatic heterocycles. The van der Waals surface area contributed by atoms with E-state index in [0.717, 1.165) is 25.7 Å². The van der Waals surface area contributed by atoms with Gasteiger partial charge in [0.2, 0.25) is 0 Å². The highest BCUT2D eigenvalue weighted by Crippen LogP contribution is 2.26. The Morgan fingerprint density at radius 1 is 1.00 bits per heavy atom. The van der Waals surface area contributed by atoms with Gasteiger partial charge < -0.3 is 14.2 Å². The Balaban J connectivity index is 2.61. The number of carbonyl (C=O) groups is 1. The number of hydrogen-bond acceptors (Lipinski definition) is 4. The highest BCUT2D eigenvalue weighted by Gasteiger charge is 2.38. The van der Waals surface area contributed by atoms with Gasteiger partial charge in [0.15, 0.2) is 0 Å². The molecule has 0 saturated heterocycles. The third-order valence-electron chi connectivity index (χ3n) is 3.79. The summed E-state index contributed by atoms with van der Waals surface area (Å²) in [6.45, 7) is 10.4. The lowest BCUT2D eigenvalue weighted by Gasteiger charge is -2.31. The first-order valence-corrected chi connectivity index (χ1v) is 8.28. The summed E-state index contributed by atoms with van der Waals surface area (Å²) >= 11 is 0. The van der Waals surface area contributed by atoms with Crippen LogP contribution >= 0.6 is 0 Å². The fourth-order valence-electron chi connectivity index (χ4n) is 2.34. The van der Waals surface area contributed by atoms with Gasteiger partial charge in [0.05, 0.1) is 25.4 Å². The number of rotatable bonds is 8. The number of hydrogen-bond donors (Lipinski definition) is 0. The predicted molar refractivity (Wildman–Crippen MR) is 83.2 cm³/mol. The molecule has 0 amide bonds. The van der Waals surface area contributed by atoms with Crippen molar-refractivity contribution in [3.05, 3.63) is 0 Å². The van der Waals surface area contributed by atoms with Crippen molar-refractivity contribution in [2.75, 3.05) is 13.2 Å². The third-order valence-corrected chi connectivity index (χ3v) is 3.79. The molecule has 1 fully saturated rings. The SMILES string of the molecule is CC(C)OCC(C)(COC(C)C)C(=O)OC1CCCCC1. The van der Waals surface area contributed by atoms with E-state index < -0.39 is 5.41 Å². The summed E-state index contributed by atoms with van der Waals surface area (Å²) in [5, 5.41) is 0. The lowest BCUT2D eigenvalue weighted by Crippen LogP contribution is -2.42. The molecule has 124 valence electrons. The van der Waals surface area contributed by atoms with Gasteiger partial charge in [0.25, 0.3) is 0 Å². The van der Waals surface area contributed by atoms with Gasteiger partial charge in [-0.05, 0) is 60.3 Å². The van der Waals surface area contributed by atoms with Crippen molar-refractivity contribution in [2.24, 2.45) is 5.41 Å². The van der Waals surface area contributed by atoms with E-state index in [1.54, 1.807) is 0 Å². The standard InChI is InChI=1S/C17H32O4/c1-13(2)19-11-17(5,12-20-14(3)4)16(18)21-15-9-7-6-8-10-15/h13-15H,6-12H2,1-5H3. The van der Waals surface area contributed by atoms with Gasteiger partial charge in [-0.3, -0.25) is 4.79 Å². The van der Waals surface area contributed by atoms with Crippen molar-refractivity contribution >= 4 is 5.97 Å². The Labute approximate surface area is 129 Å². The quantitative estimate of drug-likeness (QED) is 0.641. The van der Waals surface area contributed by atoms with Crippen molar-refractivity contribution in [3.8, 4) is 0 Å². The number of ether oxygens (including phenoxy) is 3. The van der Waals surface area contributed by atoms with Crippen LogP contribution in [0.25, 0.3) is 0 Å². The fourth-order valence-corrected chi connectivity index (χ4v) is 2.34. The Hall–Kier alpha value is -0.610. The molecule has 4 heteroatoms. The maximum absolute atomic E-state index is 12.6. The van der Waals surface area contributed by atoms with Crippen LogP contribution in [0.15, 0.2) is 0 Å². The first kappa shape index (κ1) is 18.4. The molecule has 0 aromatic rings. The van der Waals surface area contributed by atoms with Crippen LogP contribution < -0.4 is 0 Å². The molecule has 0 aromatic carbocycles. The summed E-state index contributed by atoms with van der Waals surface area (Å²) in [5.74, 6) is -0.185. The van der Waals surface area contributed by atoms with Crippen molar-refractivity contribution in [1.82, 2.24) is 0 Å². The first-order valence-electron chi connectivity index (χ1n) is 8.28. The zero-order valence-corrected chi connectivity index (χ0v) is 14.3. The lowest BCUT2D eigenvalue weighted by molar-refractivity contribution is -0.172. The van der Waals surface area contributed by atoms with Crippen LogP contribution in [0.1, 0.15) is 66.7 Å². The van der Waals surface area contributed by atoms with Gasteiger partial charge in [-0.15, -0.1) is 0 Å². The molecule has 4 nitrogen and oxygen atoms in total. The number of esters is 1. The summed E-state index contributed by atoms with van der Waals surface area (Å²) in [4.78, 5) is 12.6. The molecule has 0 radical (unpaired) electrons. The van der Waals surface area contributed by atoms with Gasteiger partial charge in [0.1, 0.15) is 11.5 Å². The van der Waals surface area contributed by atoms with Crippen LogP contribution in [0, 0.1) is 5.41 Å². The molecule has 0 atom stereocenters. The van der Waals surface area contributed by atoms with E-state index in [0.29, 0.717) is 13.2 Å². The second-order valence-electron chi connectivity index (χ2n) is 6.95. The molecule has 21 heavy (non-hydrogen) atoms. The summed E-state index contributed by atoms with van der Waals surface area (Å²) in [5.41, 5.74) is -0.730. The van der Waals surface area contributed by atoms with Gasteiger partial charge in [-0.25, -0.2) is 0 Å². The van der Waals surface area contributed by atoms with Crippen LogP contribution in [0.5, 0.6) is 0 Å². The Kier molecular flexibility index (Phi) is 7.67. The van der Waals surface area contributed by atoms with E-state index in [2.05, 4.69) is 0 Å². The van der Waals surface area contributed by atoms with E-state index in [1.165, 1.54) is 6.42 Å². The molecule has 1 saturated carbocycles. The van der Waals surface area contributed by atoms with Gasteiger partial charge in [-0.1, -0.05) is 6.42 Å². The van der Waals surface area contributed by atoms with Crippen LogP contribution in [-0.4, -0.2) is 37.5 Å². The zero-order valence-electron chi connectivity index (χ0n) is 14.3. The van der Waals surface area contributed by atoms with E-state index in [-0.39, 0.29) is 24.3 Å². The smallest absolute Gasteiger partial charge is 0.316 e. The molecule has 0 spiro atoms. The summed E-state index contributed by atoms with van der Waals surface area (Å²) < 4.78 is 17.1. The monoisotopic (exact) mass is 300 g/mol. The Bertz CT molecular complexity index is 294. The average Bonchev–Trinajstić information content (AvgIpc) is 2.44. The highest BCUT2D eigenvalue weighted by molar-refractivity contribution is 5.77. The highest BCUT2D eigenvalue weighted by atomic mass is 16.6. The maximum atomic E-state index is 12.6. The largest absolute Gasteiger partial charge is 0.462 e. The fraction of sp³-hybridized carbons (Fsp3) is 0.941. The second kappa shape index (κ2) is 8.74. The molecule has 0 bridgehead atoms. The normalized spacial score (nSPS) is 17.5. The van der Waals surface area contributed by atoms with Crippen LogP contribution in [-0.2, 0) is 19.0 Å². The predicted octanol–water partition coefficient (Wildman–Crippen LogP) is 3.72. The molecule has 1 aliphatic rings. The molecule has 1 rings (SSSR count). The average molecular weight is 300 g/mol. The van der Waals surface area contributed by atoms with Crippen LogP contribution in [0.2, 0.25) is 0 Å². The summed E-state index contributed by atoms with van der Waals surface area (Å²) in [6, 6.07) is 0. The molecule has 0 unspecified atom stereocenters.